The number of guanidine groups is 1. The lowest BCUT2D eigenvalue weighted by Crippen LogP contribution is -2.58. The van der Waals surface area contributed by atoms with Crippen LogP contribution in [0.15, 0.2) is 4.99 Å². The molecule has 0 heterocycles. The van der Waals surface area contributed by atoms with Gasteiger partial charge < -0.3 is 43.4 Å². The molecule has 5 atom stereocenters. The van der Waals surface area contributed by atoms with Crippen molar-refractivity contribution in [2.45, 2.75) is 70.1 Å². The van der Waals surface area contributed by atoms with Crippen LogP contribution in [0.4, 0.5) is 0 Å². The lowest BCUT2D eigenvalue weighted by molar-refractivity contribution is -0.147. The molecule has 0 spiro atoms. The van der Waals surface area contributed by atoms with Crippen molar-refractivity contribution in [3.05, 3.63) is 0 Å². The van der Waals surface area contributed by atoms with Crippen LogP contribution >= 0.6 is 11.8 Å². The Bertz CT molecular complexity index is 793. The number of nitrogens with two attached hydrogens (primary N) is 3. The normalized spacial score (nSPS) is 14.9. The smallest absolute Gasteiger partial charge is 0.326 e. The average Bonchev–Trinajstić information content (AvgIpc) is 2.80. The number of hydrogen-bond acceptors (Lipinski definition) is 8. The molecular weight excluding hydrogens is 494 g/mol. The van der Waals surface area contributed by atoms with Gasteiger partial charge >= 0.3 is 11.9 Å². The maximum atomic E-state index is 13.1. The molecular formula is C21H39N7O7S. The zero-order chi connectivity index (χ0) is 27.8. The molecule has 0 aromatic heterocycles. The molecule has 0 aliphatic carbocycles. The highest BCUT2D eigenvalue weighted by atomic mass is 32.2. The predicted octanol–water partition coefficient (Wildman–Crippen LogP) is -1.82. The van der Waals surface area contributed by atoms with Crippen molar-refractivity contribution in [3.63, 3.8) is 0 Å². The van der Waals surface area contributed by atoms with Crippen molar-refractivity contribution < 1.29 is 34.2 Å². The van der Waals surface area contributed by atoms with Gasteiger partial charge in [0.1, 0.15) is 18.1 Å². The number of carbonyl (C=O) groups excluding carboxylic acids is 3. The van der Waals surface area contributed by atoms with Crippen LogP contribution in [-0.4, -0.2) is 88.6 Å². The van der Waals surface area contributed by atoms with E-state index >= 15 is 0 Å². The molecule has 14 nitrogen and oxygen atoms in total. The molecule has 0 aliphatic heterocycles. The summed E-state index contributed by atoms with van der Waals surface area (Å²) in [5.74, 6) is -4.91. The second-order valence-corrected chi connectivity index (χ2v) is 9.25. The predicted molar refractivity (Wildman–Crippen MR) is 136 cm³/mol. The Morgan fingerprint density at radius 2 is 1.56 bits per heavy atom. The number of amides is 3. The summed E-state index contributed by atoms with van der Waals surface area (Å²) in [6, 6.07) is -4.73. The van der Waals surface area contributed by atoms with Crippen LogP contribution in [0, 0.1) is 5.92 Å². The van der Waals surface area contributed by atoms with Gasteiger partial charge in [0.15, 0.2) is 5.96 Å². The molecule has 0 bridgehead atoms. The zero-order valence-electron chi connectivity index (χ0n) is 20.9. The van der Waals surface area contributed by atoms with Gasteiger partial charge in [0, 0.05) is 6.54 Å². The molecule has 5 unspecified atom stereocenters. The van der Waals surface area contributed by atoms with Crippen LogP contribution in [0.25, 0.3) is 0 Å². The molecule has 15 heteroatoms. The number of nitrogens with zero attached hydrogens (tertiary/aromatic N) is 1. The minimum atomic E-state index is -1.66. The van der Waals surface area contributed by atoms with E-state index in [4.69, 9.17) is 22.3 Å². The molecule has 11 N–H and O–H groups in total. The summed E-state index contributed by atoms with van der Waals surface area (Å²) >= 11 is 1.45. The first kappa shape index (κ1) is 32.9. The van der Waals surface area contributed by atoms with Crippen molar-refractivity contribution in [1.82, 2.24) is 16.0 Å². The topological polar surface area (TPSA) is 252 Å². The van der Waals surface area contributed by atoms with Crippen LogP contribution in [0.2, 0.25) is 0 Å². The van der Waals surface area contributed by atoms with Crippen molar-refractivity contribution in [1.29, 1.82) is 0 Å². The Balaban J connectivity index is 5.43. The van der Waals surface area contributed by atoms with Gasteiger partial charge in [-0.2, -0.15) is 11.8 Å². The van der Waals surface area contributed by atoms with Crippen molar-refractivity contribution in [2.75, 3.05) is 18.6 Å². The first-order valence-corrected chi connectivity index (χ1v) is 12.9. The molecule has 0 radical (unpaired) electrons. The Labute approximate surface area is 214 Å². The van der Waals surface area contributed by atoms with Crippen molar-refractivity contribution in [2.24, 2.45) is 28.1 Å². The highest BCUT2D eigenvalue weighted by Gasteiger charge is 2.33. The fourth-order valence-electron chi connectivity index (χ4n) is 3.03. The highest BCUT2D eigenvalue weighted by molar-refractivity contribution is 7.98. The lowest BCUT2D eigenvalue weighted by Gasteiger charge is -2.28. The van der Waals surface area contributed by atoms with E-state index in [2.05, 4.69) is 20.9 Å². The minimum Gasteiger partial charge on any atom is -0.481 e. The number of carboxylic acids is 2. The van der Waals surface area contributed by atoms with E-state index in [9.17, 15) is 29.1 Å². The third-order valence-electron chi connectivity index (χ3n) is 5.33. The van der Waals surface area contributed by atoms with Gasteiger partial charge in [0.25, 0.3) is 0 Å². The second kappa shape index (κ2) is 17.4. The van der Waals surface area contributed by atoms with Crippen LogP contribution in [-0.2, 0) is 24.0 Å². The van der Waals surface area contributed by atoms with Crippen LogP contribution in [0.1, 0.15) is 46.0 Å². The molecule has 0 fully saturated rings. The zero-order valence-corrected chi connectivity index (χ0v) is 21.7. The molecule has 0 aliphatic rings. The van der Waals surface area contributed by atoms with Crippen LogP contribution in [0.5, 0.6) is 0 Å². The number of hydrogen-bond donors (Lipinski definition) is 8. The quantitative estimate of drug-likeness (QED) is 0.0553. The van der Waals surface area contributed by atoms with Gasteiger partial charge in [0.05, 0.1) is 12.5 Å². The molecule has 206 valence electrons. The SMILES string of the molecule is CCC(C)C(NC(=O)C(CCSC)NC(=O)C(N)CCCN=C(N)N)C(=O)NC(CC(=O)O)C(=O)O. The van der Waals surface area contributed by atoms with E-state index < -0.39 is 66.2 Å². The maximum Gasteiger partial charge on any atom is 0.326 e. The van der Waals surface area contributed by atoms with Crippen LogP contribution in [0.3, 0.4) is 0 Å². The molecule has 3 amide bonds. The van der Waals surface area contributed by atoms with Crippen molar-refractivity contribution >= 4 is 47.4 Å². The van der Waals surface area contributed by atoms with Crippen molar-refractivity contribution in [3.8, 4) is 0 Å². The minimum absolute atomic E-state index is 0.0700. The standard InChI is InChI=1S/C21H39N7O7S/c1-4-11(2)16(19(33)27-14(20(34)35)10-15(29)30)28-18(32)13(7-9-36-3)26-17(31)12(22)6-5-8-25-21(23)24/h11-14,16H,4-10,22H2,1-3H3,(H,26,31)(H,27,33)(H,28,32)(H,29,30)(H,34,35)(H4,23,24,25). The average molecular weight is 534 g/mol. The van der Waals surface area contributed by atoms with Gasteiger partial charge in [-0.25, -0.2) is 4.79 Å². The highest BCUT2D eigenvalue weighted by Crippen LogP contribution is 2.11. The van der Waals surface area contributed by atoms with Gasteiger partial charge in [0.2, 0.25) is 17.7 Å². The van der Waals surface area contributed by atoms with Gasteiger partial charge in [-0.15, -0.1) is 0 Å². The van der Waals surface area contributed by atoms with Crippen LogP contribution < -0.4 is 33.2 Å². The summed E-state index contributed by atoms with van der Waals surface area (Å²) in [4.78, 5) is 64.6. The van der Waals surface area contributed by atoms with Gasteiger partial charge in [-0.3, -0.25) is 24.2 Å². The Kier molecular flexibility index (Phi) is 15.9. The first-order chi connectivity index (χ1) is 16.8. The van der Waals surface area contributed by atoms with E-state index in [1.807, 2.05) is 6.26 Å². The lowest BCUT2D eigenvalue weighted by atomic mass is 9.97. The number of rotatable bonds is 18. The van der Waals surface area contributed by atoms with E-state index in [-0.39, 0.29) is 18.8 Å². The number of thioether (sulfide) groups is 1. The van der Waals surface area contributed by atoms with E-state index in [0.717, 1.165) is 0 Å². The first-order valence-electron chi connectivity index (χ1n) is 11.5. The van der Waals surface area contributed by atoms with Gasteiger partial charge in [-0.1, -0.05) is 20.3 Å². The number of carboxylic acid groups (broad SMARTS) is 2. The van der Waals surface area contributed by atoms with Gasteiger partial charge in [-0.05, 0) is 37.2 Å². The fourth-order valence-corrected chi connectivity index (χ4v) is 3.50. The third-order valence-corrected chi connectivity index (χ3v) is 5.98. The monoisotopic (exact) mass is 533 g/mol. The number of aliphatic imine (C=N–C) groups is 1. The summed E-state index contributed by atoms with van der Waals surface area (Å²) in [6.07, 6.45) is 2.44. The number of carbonyl (C=O) groups is 5. The Hall–Kier alpha value is -3.07. The van der Waals surface area contributed by atoms with E-state index in [1.54, 1.807) is 13.8 Å². The Morgan fingerprint density at radius 1 is 0.944 bits per heavy atom. The summed E-state index contributed by atoms with van der Waals surface area (Å²) in [7, 11) is 0. The second-order valence-electron chi connectivity index (χ2n) is 8.27. The molecule has 0 rings (SSSR count). The summed E-state index contributed by atoms with van der Waals surface area (Å²) in [6.45, 7) is 3.75. The third kappa shape index (κ3) is 13.1. The summed E-state index contributed by atoms with van der Waals surface area (Å²) < 4.78 is 0. The molecule has 0 aromatic carbocycles. The fraction of sp³-hybridized carbons (Fsp3) is 0.714. The summed E-state index contributed by atoms with van der Waals surface area (Å²) in [5.41, 5.74) is 16.4. The number of nitrogens with one attached hydrogen (secondary N) is 3. The number of aliphatic carboxylic acids is 2. The molecule has 36 heavy (non-hydrogen) atoms. The molecule has 0 saturated carbocycles. The largest absolute Gasteiger partial charge is 0.481 e. The Morgan fingerprint density at radius 3 is 2.06 bits per heavy atom. The molecule has 0 saturated heterocycles. The van der Waals surface area contributed by atoms with E-state index in [0.29, 0.717) is 25.1 Å². The van der Waals surface area contributed by atoms with E-state index in [1.165, 1.54) is 11.8 Å². The maximum absolute atomic E-state index is 13.1. The summed E-state index contributed by atoms with van der Waals surface area (Å²) in [5, 5.41) is 25.5. The molecule has 0 aromatic rings.